The molecule has 0 aliphatic heterocycles. The van der Waals surface area contributed by atoms with E-state index in [1.807, 2.05) is 0 Å². The lowest BCUT2D eigenvalue weighted by Crippen LogP contribution is -2.72. The van der Waals surface area contributed by atoms with Gasteiger partial charge in [-0.2, -0.15) is 39.5 Å². The van der Waals surface area contributed by atoms with Gasteiger partial charge in [0.1, 0.15) is 11.5 Å². The van der Waals surface area contributed by atoms with Gasteiger partial charge in [-0.25, -0.2) is 4.79 Å². The highest BCUT2D eigenvalue weighted by atomic mass is 19.4. The van der Waals surface area contributed by atoms with E-state index in [1.54, 1.807) is 0 Å². The smallest absolute Gasteiger partial charge is 0.439 e. The van der Waals surface area contributed by atoms with Crippen molar-refractivity contribution in [2.24, 2.45) is 0 Å². The van der Waals surface area contributed by atoms with Crippen LogP contribution < -0.4 is 20.1 Å². The highest BCUT2D eigenvalue weighted by molar-refractivity contribution is 5.97. The Labute approximate surface area is 226 Å². The molecule has 2 rings (SSSR count). The van der Waals surface area contributed by atoms with Crippen LogP contribution in [0.5, 0.6) is 11.5 Å². The van der Waals surface area contributed by atoms with Gasteiger partial charge < -0.3 is 30.0 Å². The molecule has 0 aliphatic carbocycles. The van der Waals surface area contributed by atoms with E-state index in [4.69, 9.17) is 4.74 Å². The van der Waals surface area contributed by atoms with E-state index in [1.165, 1.54) is 13.0 Å². The van der Waals surface area contributed by atoms with Gasteiger partial charge in [0.15, 0.2) is 0 Å². The minimum absolute atomic E-state index is 0.0914. The Kier molecular flexibility index (Phi) is 9.69. The lowest BCUT2D eigenvalue weighted by atomic mass is 9.92. The van der Waals surface area contributed by atoms with Crippen LogP contribution in [0.15, 0.2) is 42.5 Å². The van der Waals surface area contributed by atoms with Crippen LogP contribution in [-0.2, 0) is 15.1 Å². The second-order valence-electron chi connectivity index (χ2n) is 8.10. The molecule has 228 valence electrons. The molecule has 0 unspecified atom stereocenters. The summed E-state index contributed by atoms with van der Waals surface area (Å²) in [5, 5.41) is 12.2. The van der Waals surface area contributed by atoms with Crippen LogP contribution in [0.3, 0.4) is 0 Å². The Morgan fingerprint density at radius 1 is 0.829 bits per heavy atom. The van der Waals surface area contributed by atoms with Gasteiger partial charge in [0.2, 0.25) is 0 Å². The first-order valence-corrected chi connectivity index (χ1v) is 11.4. The van der Waals surface area contributed by atoms with Gasteiger partial charge in [-0.05, 0) is 38.1 Å². The first kappa shape index (κ1) is 33.3. The summed E-state index contributed by atoms with van der Waals surface area (Å²) in [6.07, 6.45) is -18.4. The summed E-state index contributed by atoms with van der Waals surface area (Å²) in [4.78, 5) is 24.8. The normalized spacial score (nSPS) is 14.1. The van der Waals surface area contributed by atoms with Crippen molar-refractivity contribution >= 4 is 17.6 Å². The lowest BCUT2D eigenvalue weighted by molar-refractivity contribution is -0.294. The molecule has 1 amide bonds. The Hall–Kier alpha value is -3.89. The molecule has 41 heavy (non-hydrogen) atoms. The molecular formula is C24H23F9N2O6. The van der Waals surface area contributed by atoms with Crippen LogP contribution in [0.2, 0.25) is 0 Å². The number of aliphatic hydroxyl groups is 1. The predicted octanol–water partition coefficient (Wildman–Crippen LogP) is 5.07. The number of halogens is 9. The first-order chi connectivity index (χ1) is 18.8. The van der Waals surface area contributed by atoms with Gasteiger partial charge >= 0.3 is 30.2 Å². The third-order valence-electron chi connectivity index (χ3n) is 5.51. The van der Waals surface area contributed by atoms with Crippen LogP contribution in [0.25, 0.3) is 0 Å². The monoisotopic (exact) mass is 606 g/mol. The second-order valence-corrected chi connectivity index (χ2v) is 8.10. The number of carbonyl (C=O) groups excluding carboxylic acids is 2. The zero-order valence-corrected chi connectivity index (χ0v) is 21.3. The number of rotatable bonds is 10. The molecule has 8 nitrogen and oxygen atoms in total. The van der Waals surface area contributed by atoms with Crippen molar-refractivity contribution in [3.8, 4) is 11.5 Å². The van der Waals surface area contributed by atoms with Gasteiger partial charge in [0.05, 0.1) is 31.6 Å². The number of carbonyl (C=O) groups is 2. The van der Waals surface area contributed by atoms with Gasteiger partial charge in [0, 0.05) is 5.56 Å². The van der Waals surface area contributed by atoms with Crippen molar-refractivity contribution in [2.75, 3.05) is 25.6 Å². The maximum Gasteiger partial charge on any atom is 0.439 e. The van der Waals surface area contributed by atoms with Crippen LogP contribution in [0.4, 0.5) is 45.2 Å². The molecule has 0 heterocycles. The molecule has 0 bridgehead atoms. The van der Waals surface area contributed by atoms with E-state index in [0.29, 0.717) is 7.11 Å². The summed E-state index contributed by atoms with van der Waals surface area (Å²) in [5.74, 6) is -5.52. The number of amides is 1. The number of nitrogens with one attached hydrogen (secondary N) is 2. The molecule has 0 aliphatic rings. The summed E-state index contributed by atoms with van der Waals surface area (Å²) in [6.45, 7) is 1.87. The van der Waals surface area contributed by atoms with Crippen LogP contribution in [0, 0.1) is 0 Å². The van der Waals surface area contributed by atoms with Crippen molar-refractivity contribution in [2.45, 2.75) is 43.6 Å². The van der Waals surface area contributed by atoms with E-state index in [-0.39, 0.29) is 30.6 Å². The highest BCUT2D eigenvalue weighted by Gasteiger charge is 2.73. The number of benzene rings is 2. The molecule has 0 saturated heterocycles. The topological polar surface area (TPSA) is 106 Å². The van der Waals surface area contributed by atoms with Crippen molar-refractivity contribution in [3.63, 3.8) is 0 Å². The zero-order valence-electron chi connectivity index (χ0n) is 21.3. The number of methoxy groups -OCH3 is 1. The molecule has 17 heteroatoms. The Morgan fingerprint density at radius 2 is 1.41 bits per heavy atom. The van der Waals surface area contributed by atoms with Gasteiger partial charge in [-0.1, -0.05) is 18.2 Å². The maximum atomic E-state index is 14.2. The number of esters is 1. The zero-order chi connectivity index (χ0) is 31.4. The average Bonchev–Trinajstić information content (AvgIpc) is 2.86. The quantitative estimate of drug-likeness (QED) is 0.197. The van der Waals surface area contributed by atoms with Crippen LogP contribution in [0.1, 0.15) is 29.8 Å². The molecule has 0 aromatic heterocycles. The minimum atomic E-state index is -6.32. The van der Waals surface area contributed by atoms with E-state index in [9.17, 15) is 54.2 Å². The van der Waals surface area contributed by atoms with Gasteiger partial charge in [-0.15, -0.1) is 0 Å². The molecule has 0 spiro atoms. The van der Waals surface area contributed by atoms with E-state index in [2.05, 4.69) is 9.47 Å². The molecule has 0 saturated carbocycles. The van der Waals surface area contributed by atoms with Gasteiger partial charge in [0.25, 0.3) is 11.5 Å². The van der Waals surface area contributed by atoms with Gasteiger partial charge in [-0.3, -0.25) is 4.79 Å². The number of hydrogen-bond donors (Lipinski definition) is 3. The summed E-state index contributed by atoms with van der Waals surface area (Å²) in [7, 11) is 0.682. The minimum Gasteiger partial charge on any atom is -0.495 e. The van der Waals surface area contributed by atoms with E-state index in [0.717, 1.165) is 35.8 Å². The molecule has 0 fully saturated rings. The number of para-hydroxylation sites is 1. The first-order valence-electron chi connectivity index (χ1n) is 11.4. The van der Waals surface area contributed by atoms with E-state index >= 15 is 0 Å². The Morgan fingerprint density at radius 3 is 1.90 bits per heavy atom. The molecule has 2 aromatic rings. The third kappa shape index (κ3) is 6.39. The fourth-order valence-electron chi connectivity index (χ4n) is 3.50. The van der Waals surface area contributed by atoms with E-state index < -0.39 is 70.8 Å². The van der Waals surface area contributed by atoms with Crippen molar-refractivity contribution in [1.82, 2.24) is 5.32 Å². The largest absolute Gasteiger partial charge is 0.495 e. The second kappa shape index (κ2) is 11.9. The number of hydrogen-bond acceptors (Lipinski definition) is 7. The average molecular weight is 606 g/mol. The molecule has 3 N–H and O–H groups in total. The highest BCUT2D eigenvalue weighted by Crippen LogP contribution is 2.47. The SMILES string of the molecule is CCOC(=O)[C@@](O)(c1ccc(NC(NC(=O)c2ccccc2OCC)(C(F)(F)F)C(F)(F)F)c(OC)c1)C(F)(F)F. The third-order valence-corrected chi connectivity index (χ3v) is 5.51. The maximum absolute atomic E-state index is 14.2. The molecule has 2 aromatic carbocycles. The van der Waals surface area contributed by atoms with Crippen LogP contribution in [-0.4, -0.2) is 61.5 Å². The van der Waals surface area contributed by atoms with Crippen molar-refractivity contribution in [3.05, 3.63) is 53.6 Å². The number of ether oxygens (including phenoxy) is 3. The Bertz CT molecular complexity index is 1230. The number of anilines is 1. The number of alkyl halides is 9. The molecule has 0 radical (unpaired) electrons. The van der Waals surface area contributed by atoms with Crippen LogP contribution >= 0.6 is 0 Å². The van der Waals surface area contributed by atoms with Crippen molar-refractivity contribution in [1.29, 1.82) is 0 Å². The van der Waals surface area contributed by atoms with Crippen molar-refractivity contribution < 1.29 is 68.4 Å². The summed E-state index contributed by atoms with van der Waals surface area (Å²) < 4.78 is 140. The standard InChI is InChI=1S/C24H23F9N2O6/c1-4-40-16-9-7-6-8-14(16)18(36)35-21(23(28,29)30,24(31,32)33)34-15-11-10-13(12-17(15)39-3)20(38,22(25,26)27)19(37)41-5-2/h6-12,34,38H,4-5H2,1-3H3,(H,35,36)/t20-/m0/s1. The summed E-state index contributed by atoms with van der Waals surface area (Å²) in [6, 6.07) is 5.18. The summed E-state index contributed by atoms with van der Waals surface area (Å²) in [5.41, 5.74) is -12.9. The molecular weight excluding hydrogens is 583 g/mol. The Balaban J connectivity index is 2.71. The fourth-order valence-corrected chi connectivity index (χ4v) is 3.50. The lowest BCUT2D eigenvalue weighted by Gasteiger charge is -2.39. The summed E-state index contributed by atoms with van der Waals surface area (Å²) >= 11 is 0. The molecule has 1 atom stereocenters. The predicted molar refractivity (Wildman–Crippen MR) is 123 cm³/mol. The fraction of sp³-hybridized carbons (Fsp3) is 0.417.